The monoisotopic (exact) mass is 559 g/mol. The van der Waals surface area contributed by atoms with Crippen molar-refractivity contribution in [3.63, 3.8) is 0 Å². The number of carbonyl (C=O) groups is 2. The Morgan fingerprint density at radius 3 is 2.24 bits per heavy atom. The molecule has 3 aromatic carbocycles. The van der Waals surface area contributed by atoms with Gasteiger partial charge in [0.05, 0.1) is 23.1 Å². The Labute approximate surface area is 244 Å². The lowest BCUT2D eigenvalue weighted by Crippen LogP contribution is -2.44. The highest BCUT2D eigenvalue weighted by Gasteiger charge is 2.20. The number of amides is 2. The zero-order chi connectivity index (χ0) is 29.9. The molecule has 0 spiro atoms. The predicted octanol–water partition coefficient (Wildman–Crippen LogP) is 5.43. The Balaban J connectivity index is 1.38. The van der Waals surface area contributed by atoms with Crippen LogP contribution in [0.1, 0.15) is 42.3 Å². The largest absolute Gasteiger partial charge is 0.508 e. The fourth-order valence-electron chi connectivity index (χ4n) is 4.59. The van der Waals surface area contributed by atoms with Crippen LogP contribution in [0, 0.1) is 0 Å². The lowest BCUT2D eigenvalue weighted by molar-refractivity contribution is -0.121. The number of phenolic OH excluding ortho intramolecular Hbond substituents is 1. The molecule has 8 heteroatoms. The maximum atomic E-state index is 12.8. The summed E-state index contributed by atoms with van der Waals surface area (Å²) in [6, 6.07) is 26.7. The number of carbonyl (C=O) groups excluding carboxylic acids is 2. The molecular formula is C34H33N5O3. The molecule has 0 saturated heterocycles. The first-order valence-corrected chi connectivity index (χ1v) is 13.7. The summed E-state index contributed by atoms with van der Waals surface area (Å²) < 4.78 is 1.88. The van der Waals surface area contributed by atoms with Crippen LogP contribution in [0.4, 0.5) is 0 Å². The predicted molar refractivity (Wildman–Crippen MR) is 163 cm³/mol. The van der Waals surface area contributed by atoms with Crippen LogP contribution in [0.3, 0.4) is 0 Å². The summed E-state index contributed by atoms with van der Waals surface area (Å²) in [7, 11) is 0. The van der Waals surface area contributed by atoms with E-state index in [4.69, 9.17) is 10.8 Å². The van der Waals surface area contributed by atoms with Crippen LogP contribution in [0.15, 0.2) is 103 Å². The normalized spacial score (nSPS) is 12.1. The van der Waals surface area contributed by atoms with Gasteiger partial charge in [-0.1, -0.05) is 57.2 Å². The van der Waals surface area contributed by atoms with Gasteiger partial charge in [-0.2, -0.15) is 5.10 Å². The minimum atomic E-state index is -0.914. The molecule has 1 atom stereocenters. The zero-order valence-electron chi connectivity index (χ0n) is 23.8. The van der Waals surface area contributed by atoms with Crippen LogP contribution in [-0.2, 0) is 16.6 Å². The highest BCUT2D eigenvalue weighted by molar-refractivity contribution is 6.06. The van der Waals surface area contributed by atoms with Gasteiger partial charge < -0.3 is 10.8 Å². The summed E-state index contributed by atoms with van der Waals surface area (Å²) in [5.74, 6) is -0.977. The number of nitrogens with zero attached hydrogens (tertiary/aromatic N) is 3. The number of aromatic hydroxyl groups is 1. The fourth-order valence-corrected chi connectivity index (χ4v) is 4.59. The summed E-state index contributed by atoms with van der Waals surface area (Å²) in [6.45, 7) is 6.53. The molecule has 2 aromatic heterocycles. The smallest absolute Gasteiger partial charge is 0.257 e. The van der Waals surface area contributed by atoms with E-state index in [-0.39, 0.29) is 17.6 Å². The van der Waals surface area contributed by atoms with Crippen molar-refractivity contribution in [2.24, 2.45) is 5.73 Å². The molecule has 0 saturated carbocycles. The fraction of sp³-hybridized carbons (Fsp3) is 0.176. The van der Waals surface area contributed by atoms with E-state index in [9.17, 15) is 14.7 Å². The lowest BCUT2D eigenvalue weighted by Gasteiger charge is -2.19. The third-order valence-electron chi connectivity index (χ3n) is 7.05. The number of hydrogen-bond acceptors (Lipinski definition) is 6. The van der Waals surface area contributed by atoms with E-state index in [1.165, 1.54) is 17.7 Å². The van der Waals surface area contributed by atoms with Crippen molar-refractivity contribution in [3.8, 4) is 34.0 Å². The second kappa shape index (κ2) is 11.8. The van der Waals surface area contributed by atoms with E-state index in [2.05, 4.69) is 55.3 Å². The molecule has 0 aliphatic rings. The van der Waals surface area contributed by atoms with Gasteiger partial charge >= 0.3 is 0 Å². The first kappa shape index (κ1) is 28.4. The standard InChI is InChI=1S/C34H33N5O3/c1-34(2,3)26-12-14-27(15-13-26)39-31(20-30(38-39)25-5-4-18-36-21-25)23-8-10-24(11-9-23)32(41)37-33(42)29(35)19-22-6-16-28(40)17-7-22/h4-18,20-21,29,40H,19,35H2,1-3H3,(H,37,41,42)/t29-/m0/s1. The SMILES string of the molecule is CC(C)(C)c1ccc(-n2nc(-c3cccnc3)cc2-c2ccc(C(=O)NC(=O)[C@@H](N)Cc3ccc(O)cc3)cc2)cc1. The van der Waals surface area contributed by atoms with Crippen molar-refractivity contribution in [3.05, 3.63) is 120 Å². The highest BCUT2D eigenvalue weighted by Crippen LogP contribution is 2.30. The van der Waals surface area contributed by atoms with Crippen LogP contribution in [0.5, 0.6) is 5.75 Å². The molecule has 5 aromatic rings. The molecule has 42 heavy (non-hydrogen) atoms. The molecule has 212 valence electrons. The second-order valence-electron chi connectivity index (χ2n) is 11.2. The summed E-state index contributed by atoms with van der Waals surface area (Å²) in [5, 5.41) is 16.7. The molecule has 8 nitrogen and oxygen atoms in total. The van der Waals surface area contributed by atoms with Gasteiger partial charge in [0.25, 0.3) is 5.91 Å². The summed E-state index contributed by atoms with van der Waals surface area (Å²) in [6.07, 6.45) is 3.73. The highest BCUT2D eigenvalue weighted by atomic mass is 16.3. The van der Waals surface area contributed by atoms with Crippen LogP contribution in [-0.4, -0.2) is 37.7 Å². The maximum absolute atomic E-state index is 12.8. The van der Waals surface area contributed by atoms with E-state index in [1.807, 2.05) is 35.0 Å². The van der Waals surface area contributed by atoms with Gasteiger partial charge in [-0.25, -0.2) is 4.68 Å². The van der Waals surface area contributed by atoms with Gasteiger partial charge in [0, 0.05) is 29.1 Å². The number of hydrogen-bond donors (Lipinski definition) is 3. The van der Waals surface area contributed by atoms with E-state index >= 15 is 0 Å². The van der Waals surface area contributed by atoms with Crippen LogP contribution >= 0.6 is 0 Å². The van der Waals surface area contributed by atoms with Gasteiger partial charge in [0.1, 0.15) is 5.75 Å². The molecule has 0 fully saturated rings. The first-order valence-electron chi connectivity index (χ1n) is 13.7. The minimum Gasteiger partial charge on any atom is -0.508 e. The Bertz CT molecular complexity index is 1690. The third kappa shape index (κ3) is 6.45. The van der Waals surface area contributed by atoms with Crippen LogP contribution in [0.2, 0.25) is 0 Å². The van der Waals surface area contributed by atoms with Crippen LogP contribution < -0.4 is 11.1 Å². The van der Waals surface area contributed by atoms with Crippen molar-refractivity contribution in [1.29, 1.82) is 0 Å². The van der Waals surface area contributed by atoms with Crippen molar-refractivity contribution in [2.75, 3.05) is 0 Å². The Hall–Kier alpha value is -5.08. The molecule has 5 rings (SSSR count). The van der Waals surface area contributed by atoms with Crippen molar-refractivity contribution in [2.45, 2.75) is 38.6 Å². The van der Waals surface area contributed by atoms with Crippen molar-refractivity contribution in [1.82, 2.24) is 20.1 Å². The van der Waals surface area contributed by atoms with Crippen molar-refractivity contribution >= 4 is 11.8 Å². The number of imide groups is 1. The molecule has 0 radical (unpaired) electrons. The average molecular weight is 560 g/mol. The number of benzene rings is 3. The number of rotatable bonds is 7. The number of nitrogens with two attached hydrogens (primary N) is 1. The van der Waals surface area contributed by atoms with E-state index in [1.54, 1.807) is 36.7 Å². The minimum absolute atomic E-state index is 0.0274. The summed E-state index contributed by atoms with van der Waals surface area (Å²) >= 11 is 0. The first-order chi connectivity index (χ1) is 20.1. The van der Waals surface area contributed by atoms with Gasteiger partial charge in [-0.05, 0) is 77.6 Å². The molecular weight excluding hydrogens is 526 g/mol. The Morgan fingerprint density at radius 1 is 0.929 bits per heavy atom. The number of aromatic nitrogens is 3. The van der Waals surface area contributed by atoms with Crippen molar-refractivity contribution < 1.29 is 14.7 Å². The van der Waals surface area contributed by atoms with Gasteiger partial charge in [0.15, 0.2) is 0 Å². The Morgan fingerprint density at radius 2 is 1.62 bits per heavy atom. The summed E-state index contributed by atoms with van der Waals surface area (Å²) in [4.78, 5) is 29.7. The van der Waals surface area contributed by atoms with E-state index in [0.29, 0.717) is 5.56 Å². The third-order valence-corrected chi connectivity index (χ3v) is 7.05. The molecule has 4 N–H and O–H groups in total. The topological polar surface area (TPSA) is 123 Å². The quantitative estimate of drug-likeness (QED) is 0.244. The number of phenols is 1. The van der Waals surface area contributed by atoms with E-state index < -0.39 is 17.9 Å². The number of nitrogens with one attached hydrogen (secondary N) is 1. The molecule has 0 aliphatic carbocycles. The van der Waals surface area contributed by atoms with Gasteiger partial charge in [-0.3, -0.25) is 19.9 Å². The second-order valence-corrected chi connectivity index (χ2v) is 11.2. The zero-order valence-corrected chi connectivity index (χ0v) is 23.8. The number of pyridine rings is 1. The molecule has 2 heterocycles. The average Bonchev–Trinajstić information content (AvgIpc) is 3.44. The Kier molecular flexibility index (Phi) is 7.99. The molecule has 0 aliphatic heterocycles. The summed E-state index contributed by atoms with van der Waals surface area (Å²) in [5.41, 5.74) is 12.7. The maximum Gasteiger partial charge on any atom is 0.257 e. The van der Waals surface area contributed by atoms with Gasteiger partial charge in [0.2, 0.25) is 5.91 Å². The molecule has 2 amide bonds. The lowest BCUT2D eigenvalue weighted by atomic mass is 9.87. The molecule has 0 unspecified atom stereocenters. The van der Waals surface area contributed by atoms with Gasteiger partial charge in [-0.15, -0.1) is 0 Å². The van der Waals surface area contributed by atoms with E-state index in [0.717, 1.165) is 33.8 Å². The molecule has 0 bridgehead atoms. The van der Waals surface area contributed by atoms with Crippen LogP contribution in [0.25, 0.3) is 28.2 Å².